The number of hydrogen-bond donors (Lipinski definition) is 1. The Kier molecular flexibility index (Phi) is 1.70. The average Bonchev–Trinajstić information content (AvgIpc) is 2.10. The number of aliphatic hydroxyl groups excluding tert-OH is 1. The van der Waals surface area contributed by atoms with E-state index in [4.69, 9.17) is 0 Å². The molecule has 2 aliphatic carbocycles. The minimum Gasteiger partial charge on any atom is -0.393 e. The Morgan fingerprint density at radius 2 is 1.92 bits per heavy atom. The van der Waals surface area contributed by atoms with Gasteiger partial charge in [-0.05, 0) is 36.0 Å². The van der Waals surface area contributed by atoms with Gasteiger partial charge in [-0.3, -0.25) is 0 Å². The lowest BCUT2D eigenvalue weighted by molar-refractivity contribution is -0.0904. The highest BCUT2D eigenvalue weighted by Gasteiger charge is 2.59. The minimum atomic E-state index is -0.153. The Balaban J connectivity index is 2.22. The normalized spacial score (nSPS) is 48.4. The van der Waals surface area contributed by atoms with Crippen molar-refractivity contribution in [1.29, 1.82) is 0 Å². The number of fused-ring (bicyclic) bond motifs is 1. The molecule has 0 aromatic carbocycles. The van der Waals surface area contributed by atoms with Crippen LogP contribution in [-0.2, 0) is 0 Å². The quantitative estimate of drug-likeness (QED) is 0.615. The Morgan fingerprint density at radius 1 is 1.31 bits per heavy atom. The van der Waals surface area contributed by atoms with Gasteiger partial charge in [-0.1, -0.05) is 32.9 Å². The molecule has 1 N–H and O–H groups in total. The standard InChI is InChI=1S/C12H20O/c1-8(13)9-7-10-11(2,3)5-6-12(9,10)4/h5-6,8-10,13H,7H2,1-4H3/t8?,9-,10-,12-/m1/s1. The van der Waals surface area contributed by atoms with Crippen molar-refractivity contribution in [2.45, 2.75) is 40.2 Å². The Morgan fingerprint density at radius 3 is 2.38 bits per heavy atom. The summed E-state index contributed by atoms with van der Waals surface area (Å²) in [5.74, 6) is 1.23. The van der Waals surface area contributed by atoms with Gasteiger partial charge in [0.05, 0.1) is 6.10 Å². The van der Waals surface area contributed by atoms with Crippen molar-refractivity contribution >= 4 is 0 Å². The van der Waals surface area contributed by atoms with Crippen LogP contribution in [0.5, 0.6) is 0 Å². The van der Waals surface area contributed by atoms with Crippen LogP contribution in [0.15, 0.2) is 12.2 Å². The predicted molar refractivity (Wildman–Crippen MR) is 54.3 cm³/mol. The first kappa shape index (κ1) is 9.26. The van der Waals surface area contributed by atoms with Crippen molar-refractivity contribution in [3.63, 3.8) is 0 Å². The molecule has 0 amide bonds. The van der Waals surface area contributed by atoms with Gasteiger partial charge in [0.2, 0.25) is 0 Å². The summed E-state index contributed by atoms with van der Waals surface area (Å²) in [5, 5.41) is 9.62. The largest absolute Gasteiger partial charge is 0.393 e. The van der Waals surface area contributed by atoms with Gasteiger partial charge in [0.25, 0.3) is 0 Å². The maximum absolute atomic E-state index is 9.62. The number of hydrogen-bond acceptors (Lipinski definition) is 1. The van der Waals surface area contributed by atoms with E-state index in [0.29, 0.717) is 11.3 Å². The number of aliphatic hydroxyl groups is 1. The van der Waals surface area contributed by atoms with Crippen LogP contribution >= 0.6 is 0 Å². The number of allylic oxidation sites excluding steroid dienone is 2. The van der Waals surface area contributed by atoms with E-state index in [9.17, 15) is 5.11 Å². The lowest BCUT2D eigenvalue weighted by Crippen LogP contribution is -2.52. The molecule has 2 aliphatic rings. The molecule has 1 unspecified atom stereocenters. The topological polar surface area (TPSA) is 20.2 Å². The zero-order valence-electron chi connectivity index (χ0n) is 9.04. The summed E-state index contributed by atoms with van der Waals surface area (Å²) < 4.78 is 0. The van der Waals surface area contributed by atoms with Crippen LogP contribution in [0.3, 0.4) is 0 Å². The summed E-state index contributed by atoms with van der Waals surface area (Å²) in [6.07, 6.45) is 5.70. The van der Waals surface area contributed by atoms with E-state index in [0.717, 1.165) is 5.92 Å². The van der Waals surface area contributed by atoms with E-state index in [2.05, 4.69) is 32.9 Å². The summed E-state index contributed by atoms with van der Waals surface area (Å²) >= 11 is 0. The fourth-order valence-corrected chi connectivity index (χ4v) is 3.43. The van der Waals surface area contributed by atoms with Gasteiger partial charge < -0.3 is 5.11 Å². The summed E-state index contributed by atoms with van der Waals surface area (Å²) in [6, 6.07) is 0. The summed E-state index contributed by atoms with van der Waals surface area (Å²) in [5.41, 5.74) is 0.623. The first-order valence-corrected chi connectivity index (χ1v) is 5.26. The first-order chi connectivity index (χ1) is 5.88. The second-order valence-corrected chi connectivity index (χ2v) is 5.66. The second kappa shape index (κ2) is 2.38. The zero-order valence-corrected chi connectivity index (χ0v) is 9.04. The Bertz CT molecular complexity index is 252. The third-order valence-electron chi connectivity index (χ3n) is 4.39. The van der Waals surface area contributed by atoms with Gasteiger partial charge in [0, 0.05) is 0 Å². The molecular formula is C12H20O. The van der Waals surface area contributed by atoms with Gasteiger partial charge in [0.15, 0.2) is 0 Å². The Labute approximate surface area is 80.8 Å². The van der Waals surface area contributed by atoms with Crippen LogP contribution in [0.4, 0.5) is 0 Å². The van der Waals surface area contributed by atoms with E-state index in [1.165, 1.54) is 6.42 Å². The highest BCUT2D eigenvalue weighted by Crippen LogP contribution is 2.64. The lowest BCUT2D eigenvalue weighted by atomic mass is 9.49. The third-order valence-corrected chi connectivity index (χ3v) is 4.39. The van der Waals surface area contributed by atoms with Gasteiger partial charge in [-0.15, -0.1) is 0 Å². The molecule has 0 aliphatic heterocycles. The van der Waals surface area contributed by atoms with E-state index in [1.807, 2.05) is 6.92 Å². The fraction of sp³-hybridized carbons (Fsp3) is 0.833. The first-order valence-electron chi connectivity index (χ1n) is 5.26. The SMILES string of the molecule is CC(O)[C@H]1C[C@@H]2C(C)(C)C=C[C@]12C. The molecule has 1 saturated carbocycles. The molecule has 2 rings (SSSR count). The van der Waals surface area contributed by atoms with Gasteiger partial charge in [-0.2, -0.15) is 0 Å². The van der Waals surface area contributed by atoms with Gasteiger partial charge in [-0.25, -0.2) is 0 Å². The predicted octanol–water partition coefficient (Wildman–Crippen LogP) is 2.61. The molecule has 0 saturated heterocycles. The van der Waals surface area contributed by atoms with Crippen LogP contribution in [0.1, 0.15) is 34.1 Å². The lowest BCUT2D eigenvalue weighted by Gasteiger charge is -2.55. The molecule has 1 fully saturated rings. The monoisotopic (exact) mass is 180 g/mol. The second-order valence-electron chi connectivity index (χ2n) is 5.66. The highest BCUT2D eigenvalue weighted by atomic mass is 16.3. The van der Waals surface area contributed by atoms with Crippen LogP contribution < -0.4 is 0 Å². The van der Waals surface area contributed by atoms with Crippen molar-refractivity contribution in [3.05, 3.63) is 12.2 Å². The van der Waals surface area contributed by atoms with E-state index in [-0.39, 0.29) is 11.5 Å². The summed E-state index contributed by atoms with van der Waals surface area (Å²) in [6.45, 7) is 8.82. The maximum atomic E-state index is 9.62. The van der Waals surface area contributed by atoms with Crippen molar-refractivity contribution in [2.75, 3.05) is 0 Å². The molecule has 13 heavy (non-hydrogen) atoms. The van der Waals surface area contributed by atoms with Crippen LogP contribution in [-0.4, -0.2) is 11.2 Å². The van der Waals surface area contributed by atoms with Gasteiger partial charge >= 0.3 is 0 Å². The van der Waals surface area contributed by atoms with Crippen LogP contribution in [0, 0.1) is 22.7 Å². The minimum absolute atomic E-state index is 0.153. The molecule has 1 heteroatoms. The molecule has 0 heterocycles. The molecule has 4 atom stereocenters. The molecule has 0 aromatic rings. The molecule has 74 valence electrons. The van der Waals surface area contributed by atoms with Crippen molar-refractivity contribution in [2.24, 2.45) is 22.7 Å². The highest BCUT2D eigenvalue weighted by molar-refractivity contribution is 5.25. The van der Waals surface area contributed by atoms with E-state index < -0.39 is 0 Å². The van der Waals surface area contributed by atoms with Crippen LogP contribution in [0.2, 0.25) is 0 Å². The van der Waals surface area contributed by atoms with E-state index in [1.54, 1.807) is 0 Å². The fourth-order valence-electron chi connectivity index (χ4n) is 3.43. The van der Waals surface area contributed by atoms with Crippen molar-refractivity contribution in [3.8, 4) is 0 Å². The van der Waals surface area contributed by atoms with Gasteiger partial charge in [0.1, 0.15) is 0 Å². The smallest absolute Gasteiger partial charge is 0.0548 e. The average molecular weight is 180 g/mol. The Hall–Kier alpha value is -0.300. The molecule has 0 bridgehead atoms. The molecule has 0 spiro atoms. The zero-order chi connectivity index (χ0) is 9.85. The number of rotatable bonds is 1. The molecule has 1 nitrogen and oxygen atoms in total. The summed E-state index contributed by atoms with van der Waals surface area (Å²) in [7, 11) is 0. The molecule has 0 radical (unpaired) electrons. The van der Waals surface area contributed by atoms with E-state index >= 15 is 0 Å². The summed E-state index contributed by atoms with van der Waals surface area (Å²) in [4.78, 5) is 0. The third kappa shape index (κ3) is 1.03. The van der Waals surface area contributed by atoms with Crippen molar-refractivity contribution < 1.29 is 5.11 Å². The van der Waals surface area contributed by atoms with Crippen molar-refractivity contribution in [1.82, 2.24) is 0 Å². The maximum Gasteiger partial charge on any atom is 0.0548 e. The molecular weight excluding hydrogens is 160 g/mol. The molecule has 0 aromatic heterocycles. The van der Waals surface area contributed by atoms with Crippen LogP contribution in [0.25, 0.3) is 0 Å².